The highest BCUT2D eigenvalue weighted by atomic mass is 32.2. The molecule has 2 rings (SSSR count). The highest BCUT2D eigenvalue weighted by molar-refractivity contribution is 7.89. The monoisotopic (exact) mass is 411 g/mol. The molecule has 1 aliphatic rings. The van der Waals surface area contributed by atoms with Crippen molar-refractivity contribution in [3.05, 3.63) is 18.2 Å². The van der Waals surface area contributed by atoms with Crippen LogP contribution >= 0.6 is 0 Å². The standard InChI is InChI=1S/C20H33N3O4S/c1-4-7-8-9-20(24)21-18-16-17(28(25,26)23(5-2)6-3)10-11-19(18)22-12-14-27-15-13-22/h10-11,16H,4-9,12-15H2,1-3H3,(H,21,24). The van der Waals surface area contributed by atoms with Crippen LogP contribution in [0.4, 0.5) is 11.4 Å². The van der Waals surface area contributed by atoms with Gasteiger partial charge in [0.25, 0.3) is 0 Å². The number of amides is 1. The first-order chi connectivity index (χ1) is 13.4. The van der Waals surface area contributed by atoms with Gasteiger partial charge in [-0.2, -0.15) is 4.31 Å². The van der Waals surface area contributed by atoms with Crippen molar-refractivity contribution < 1.29 is 17.9 Å². The quantitative estimate of drug-likeness (QED) is 0.599. The Balaban J connectivity index is 2.34. The first-order valence-electron chi connectivity index (χ1n) is 10.2. The maximum Gasteiger partial charge on any atom is 0.243 e. The van der Waals surface area contributed by atoms with E-state index >= 15 is 0 Å². The molecule has 0 radical (unpaired) electrons. The van der Waals surface area contributed by atoms with E-state index in [0.717, 1.165) is 24.9 Å². The Morgan fingerprint density at radius 1 is 1.14 bits per heavy atom. The van der Waals surface area contributed by atoms with Gasteiger partial charge in [0, 0.05) is 32.6 Å². The maximum absolute atomic E-state index is 12.9. The van der Waals surface area contributed by atoms with E-state index in [-0.39, 0.29) is 10.8 Å². The molecule has 1 aliphatic heterocycles. The summed E-state index contributed by atoms with van der Waals surface area (Å²) in [6, 6.07) is 5.02. The van der Waals surface area contributed by atoms with Gasteiger partial charge in [0.15, 0.2) is 0 Å². The summed E-state index contributed by atoms with van der Waals surface area (Å²) in [5.74, 6) is -0.0830. The second-order valence-electron chi connectivity index (χ2n) is 6.87. The van der Waals surface area contributed by atoms with Crippen molar-refractivity contribution in [1.29, 1.82) is 0 Å². The number of carbonyl (C=O) groups excluding carboxylic acids is 1. The lowest BCUT2D eigenvalue weighted by atomic mass is 10.2. The molecule has 0 bridgehead atoms. The van der Waals surface area contributed by atoms with E-state index in [9.17, 15) is 13.2 Å². The topological polar surface area (TPSA) is 79.0 Å². The molecule has 28 heavy (non-hydrogen) atoms. The lowest BCUT2D eigenvalue weighted by molar-refractivity contribution is -0.116. The van der Waals surface area contributed by atoms with Crippen LogP contribution in [0.5, 0.6) is 0 Å². The Kier molecular flexibility index (Phi) is 8.72. The highest BCUT2D eigenvalue weighted by Gasteiger charge is 2.24. The van der Waals surface area contributed by atoms with E-state index in [1.165, 1.54) is 4.31 Å². The molecule has 1 amide bonds. The number of hydrogen-bond acceptors (Lipinski definition) is 5. The molecule has 0 aliphatic carbocycles. The van der Waals surface area contributed by atoms with Crippen LogP contribution in [0.25, 0.3) is 0 Å². The SMILES string of the molecule is CCCCCC(=O)Nc1cc(S(=O)(=O)N(CC)CC)ccc1N1CCOCC1. The van der Waals surface area contributed by atoms with Gasteiger partial charge in [-0.3, -0.25) is 4.79 Å². The number of rotatable bonds is 10. The molecule has 0 saturated carbocycles. The fraction of sp³-hybridized carbons (Fsp3) is 0.650. The molecular formula is C20H33N3O4S. The van der Waals surface area contributed by atoms with Crippen LogP contribution in [-0.4, -0.2) is 58.0 Å². The van der Waals surface area contributed by atoms with Gasteiger partial charge in [-0.15, -0.1) is 0 Å². The van der Waals surface area contributed by atoms with Gasteiger partial charge in [-0.05, 0) is 24.6 Å². The Labute approximate surface area is 169 Å². The number of hydrogen-bond donors (Lipinski definition) is 1. The maximum atomic E-state index is 12.9. The minimum atomic E-state index is -3.59. The Hall–Kier alpha value is -1.64. The van der Waals surface area contributed by atoms with Crippen molar-refractivity contribution in [3.8, 4) is 0 Å². The van der Waals surface area contributed by atoms with Crippen LogP contribution in [0.1, 0.15) is 46.5 Å². The van der Waals surface area contributed by atoms with Crippen molar-refractivity contribution >= 4 is 27.3 Å². The normalized spacial score (nSPS) is 15.1. The molecule has 0 unspecified atom stereocenters. The zero-order valence-corrected chi connectivity index (χ0v) is 18.1. The van der Waals surface area contributed by atoms with E-state index in [0.29, 0.717) is 51.5 Å². The number of unbranched alkanes of at least 4 members (excludes halogenated alkanes) is 2. The van der Waals surface area contributed by atoms with E-state index < -0.39 is 10.0 Å². The van der Waals surface area contributed by atoms with Crippen molar-refractivity contribution in [2.75, 3.05) is 49.6 Å². The molecule has 1 aromatic rings. The Morgan fingerprint density at radius 2 is 1.82 bits per heavy atom. The zero-order valence-electron chi connectivity index (χ0n) is 17.2. The average Bonchev–Trinajstić information content (AvgIpc) is 2.69. The molecule has 1 aromatic carbocycles. The molecule has 1 saturated heterocycles. The zero-order chi connectivity index (χ0) is 20.6. The van der Waals surface area contributed by atoms with Gasteiger partial charge in [0.05, 0.1) is 29.5 Å². The van der Waals surface area contributed by atoms with Gasteiger partial charge in [0.2, 0.25) is 15.9 Å². The number of ether oxygens (including phenoxy) is 1. The van der Waals surface area contributed by atoms with Crippen molar-refractivity contribution in [1.82, 2.24) is 4.31 Å². The van der Waals surface area contributed by atoms with Gasteiger partial charge < -0.3 is 15.0 Å². The number of sulfonamides is 1. The average molecular weight is 412 g/mol. The van der Waals surface area contributed by atoms with Crippen LogP contribution in [0.3, 0.4) is 0 Å². The van der Waals surface area contributed by atoms with Crippen LogP contribution in [-0.2, 0) is 19.6 Å². The summed E-state index contributed by atoms with van der Waals surface area (Å²) in [5, 5.41) is 2.95. The van der Waals surface area contributed by atoms with Crippen molar-refractivity contribution in [2.24, 2.45) is 0 Å². The first-order valence-corrected chi connectivity index (χ1v) is 11.6. The molecule has 0 spiro atoms. The lowest BCUT2D eigenvalue weighted by Gasteiger charge is -2.31. The Bertz CT molecular complexity index is 742. The van der Waals surface area contributed by atoms with Crippen LogP contribution in [0.15, 0.2) is 23.1 Å². The van der Waals surface area contributed by atoms with Gasteiger partial charge >= 0.3 is 0 Å². The summed E-state index contributed by atoms with van der Waals surface area (Å²) >= 11 is 0. The fourth-order valence-corrected chi connectivity index (χ4v) is 4.80. The molecule has 158 valence electrons. The van der Waals surface area contributed by atoms with Crippen LogP contribution in [0.2, 0.25) is 0 Å². The number of nitrogens with zero attached hydrogens (tertiary/aromatic N) is 2. The smallest absolute Gasteiger partial charge is 0.243 e. The number of nitrogens with one attached hydrogen (secondary N) is 1. The molecular weight excluding hydrogens is 378 g/mol. The molecule has 8 heteroatoms. The summed E-state index contributed by atoms with van der Waals surface area (Å²) in [6.07, 6.45) is 3.31. The minimum Gasteiger partial charge on any atom is -0.378 e. The van der Waals surface area contributed by atoms with Crippen molar-refractivity contribution in [3.63, 3.8) is 0 Å². The molecule has 7 nitrogen and oxygen atoms in total. The fourth-order valence-electron chi connectivity index (χ4n) is 3.32. The number of morpholine rings is 1. The second-order valence-corrected chi connectivity index (χ2v) is 8.81. The van der Waals surface area contributed by atoms with Crippen LogP contribution < -0.4 is 10.2 Å². The van der Waals surface area contributed by atoms with Gasteiger partial charge in [-0.1, -0.05) is 33.6 Å². The van der Waals surface area contributed by atoms with Gasteiger partial charge in [0.1, 0.15) is 0 Å². The molecule has 1 N–H and O–H groups in total. The first kappa shape index (κ1) is 22.6. The minimum absolute atomic E-state index is 0.0830. The molecule has 1 fully saturated rings. The summed E-state index contributed by atoms with van der Waals surface area (Å²) < 4.78 is 32.7. The van der Waals surface area contributed by atoms with Gasteiger partial charge in [-0.25, -0.2) is 8.42 Å². The molecule has 1 heterocycles. The summed E-state index contributed by atoms with van der Waals surface area (Å²) in [5.41, 5.74) is 1.39. The highest BCUT2D eigenvalue weighted by Crippen LogP contribution is 2.31. The predicted octanol–water partition coefficient (Wildman–Crippen LogP) is 3.07. The summed E-state index contributed by atoms with van der Waals surface area (Å²) in [6.45, 7) is 9.19. The van der Waals surface area contributed by atoms with E-state index in [2.05, 4.69) is 17.1 Å². The van der Waals surface area contributed by atoms with Crippen LogP contribution in [0, 0.1) is 0 Å². The third-order valence-electron chi connectivity index (χ3n) is 4.94. The number of anilines is 2. The van der Waals surface area contributed by atoms with E-state index in [1.54, 1.807) is 18.2 Å². The van der Waals surface area contributed by atoms with Crippen molar-refractivity contribution in [2.45, 2.75) is 51.3 Å². The summed E-state index contributed by atoms with van der Waals surface area (Å²) in [7, 11) is -3.59. The number of carbonyl (C=O) groups is 1. The number of benzene rings is 1. The van der Waals surface area contributed by atoms with E-state index in [1.807, 2.05) is 13.8 Å². The Morgan fingerprint density at radius 3 is 2.43 bits per heavy atom. The lowest BCUT2D eigenvalue weighted by Crippen LogP contribution is -2.37. The molecule has 0 aromatic heterocycles. The predicted molar refractivity (Wildman–Crippen MR) is 112 cm³/mol. The largest absolute Gasteiger partial charge is 0.378 e. The third-order valence-corrected chi connectivity index (χ3v) is 6.99. The summed E-state index contributed by atoms with van der Waals surface area (Å²) in [4.78, 5) is 14.7. The third kappa shape index (κ3) is 5.68. The molecule has 0 atom stereocenters. The van der Waals surface area contributed by atoms with E-state index in [4.69, 9.17) is 4.74 Å². The second kappa shape index (κ2) is 10.8.